The molecule has 2 fully saturated rings. The van der Waals surface area contributed by atoms with E-state index in [4.69, 9.17) is 0 Å². The van der Waals surface area contributed by atoms with E-state index in [1.54, 1.807) is 4.90 Å². The van der Waals surface area contributed by atoms with Gasteiger partial charge >= 0.3 is 5.97 Å². The molecule has 1 aliphatic carbocycles. The summed E-state index contributed by atoms with van der Waals surface area (Å²) in [4.78, 5) is 40.9. The molecular formula is C19H23N3O4. The molecule has 7 nitrogen and oxygen atoms in total. The minimum absolute atomic E-state index is 0.105. The molecule has 26 heavy (non-hydrogen) atoms. The molecule has 1 saturated heterocycles. The van der Waals surface area contributed by atoms with Crippen molar-refractivity contribution in [3.05, 3.63) is 24.3 Å². The second-order valence-corrected chi connectivity index (χ2v) is 7.50. The first kappa shape index (κ1) is 17.0. The van der Waals surface area contributed by atoms with Crippen molar-refractivity contribution in [2.24, 2.45) is 5.92 Å². The Morgan fingerprint density at radius 3 is 2.65 bits per heavy atom. The number of rotatable bonds is 3. The predicted octanol–water partition coefficient (Wildman–Crippen LogP) is 1.69. The second kappa shape index (κ2) is 6.39. The molecule has 2 heterocycles. The van der Waals surface area contributed by atoms with Crippen LogP contribution in [-0.4, -0.2) is 53.0 Å². The normalized spacial score (nSPS) is 24.5. The quantitative estimate of drug-likeness (QED) is 0.859. The number of para-hydroxylation sites is 2. The molecule has 2 amide bonds. The molecule has 1 aromatic rings. The fraction of sp³-hybridized carbons (Fsp3) is 0.526. The Bertz CT molecular complexity index is 757. The predicted molar refractivity (Wildman–Crippen MR) is 95.9 cm³/mol. The Morgan fingerprint density at radius 2 is 1.96 bits per heavy atom. The molecule has 2 N–H and O–H groups in total. The zero-order valence-electron chi connectivity index (χ0n) is 14.6. The van der Waals surface area contributed by atoms with E-state index in [0.717, 1.165) is 18.5 Å². The van der Waals surface area contributed by atoms with E-state index in [2.05, 4.69) is 5.32 Å². The van der Waals surface area contributed by atoms with Gasteiger partial charge in [0.05, 0.1) is 23.8 Å². The first-order valence-electron chi connectivity index (χ1n) is 9.20. The lowest BCUT2D eigenvalue weighted by molar-refractivity contribution is -0.141. The van der Waals surface area contributed by atoms with Gasteiger partial charge in [0, 0.05) is 6.54 Å². The third kappa shape index (κ3) is 2.67. The molecule has 7 heteroatoms. The van der Waals surface area contributed by atoms with E-state index in [9.17, 15) is 19.5 Å². The number of hydrogen-bond acceptors (Lipinski definition) is 4. The van der Waals surface area contributed by atoms with Crippen molar-refractivity contribution in [1.82, 2.24) is 4.90 Å². The minimum atomic E-state index is -0.810. The summed E-state index contributed by atoms with van der Waals surface area (Å²) in [6.07, 6.45) is 3.73. The lowest BCUT2D eigenvalue weighted by Gasteiger charge is -2.44. The number of nitrogens with one attached hydrogen (secondary N) is 1. The number of anilines is 2. The topological polar surface area (TPSA) is 89.9 Å². The second-order valence-electron chi connectivity index (χ2n) is 7.50. The van der Waals surface area contributed by atoms with Crippen LogP contribution in [0.3, 0.4) is 0 Å². The lowest BCUT2D eigenvalue weighted by Crippen LogP contribution is -2.62. The Morgan fingerprint density at radius 1 is 1.23 bits per heavy atom. The molecule has 1 unspecified atom stereocenters. The van der Waals surface area contributed by atoms with Crippen molar-refractivity contribution in [1.29, 1.82) is 0 Å². The summed E-state index contributed by atoms with van der Waals surface area (Å²) in [5.74, 6) is -1.46. The Kier molecular flexibility index (Phi) is 4.19. The number of carbonyl (C=O) groups is 3. The van der Waals surface area contributed by atoms with E-state index >= 15 is 0 Å². The number of amides is 2. The first-order valence-corrected chi connectivity index (χ1v) is 9.20. The van der Waals surface area contributed by atoms with Crippen LogP contribution in [0.5, 0.6) is 0 Å². The largest absolute Gasteiger partial charge is 0.481 e. The minimum Gasteiger partial charge on any atom is -0.481 e. The van der Waals surface area contributed by atoms with Gasteiger partial charge < -0.3 is 10.4 Å². The summed E-state index contributed by atoms with van der Waals surface area (Å²) in [5.41, 5.74) is 0.596. The SMILES string of the molecule is O=C(O)C1CCN(CC(=O)N2c3ccccc3NC(=O)C23CCCC3)C1. The molecule has 2 aliphatic heterocycles. The van der Waals surface area contributed by atoms with Gasteiger partial charge in [0.2, 0.25) is 5.91 Å². The summed E-state index contributed by atoms with van der Waals surface area (Å²) in [7, 11) is 0. The van der Waals surface area contributed by atoms with Crippen molar-refractivity contribution in [3.63, 3.8) is 0 Å². The summed E-state index contributed by atoms with van der Waals surface area (Å²) in [6.45, 7) is 1.13. The summed E-state index contributed by atoms with van der Waals surface area (Å²) in [6, 6.07) is 7.39. The van der Waals surface area contributed by atoms with Gasteiger partial charge in [-0.05, 0) is 37.9 Å². The van der Waals surface area contributed by atoms with E-state index in [1.807, 2.05) is 29.2 Å². The molecule has 1 spiro atoms. The molecule has 0 aromatic heterocycles. The maximum Gasteiger partial charge on any atom is 0.307 e. The number of carboxylic acid groups (broad SMARTS) is 1. The van der Waals surface area contributed by atoms with Crippen LogP contribution in [0.25, 0.3) is 0 Å². The maximum atomic E-state index is 13.3. The Labute approximate surface area is 152 Å². The zero-order valence-corrected chi connectivity index (χ0v) is 14.6. The summed E-state index contributed by atoms with van der Waals surface area (Å²) >= 11 is 0. The van der Waals surface area contributed by atoms with E-state index in [1.165, 1.54) is 0 Å². The zero-order chi connectivity index (χ0) is 18.3. The van der Waals surface area contributed by atoms with Crippen molar-refractivity contribution in [2.75, 3.05) is 29.9 Å². The van der Waals surface area contributed by atoms with Crippen LogP contribution in [0, 0.1) is 5.92 Å². The fourth-order valence-corrected chi connectivity index (χ4v) is 4.57. The maximum absolute atomic E-state index is 13.3. The highest BCUT2D eigenvalue weighted by Gasteiger charge is 2.52. The van der Waals surface area contributed by atoms with Crippen molar-refractivity contribution in [3.8, 4) is 0 Å². The van der Waals surface area contributed by atoms with Crippen molar-refractivity contribution in [2.45, 2.75) is 37.6 Å². The van der Waals surface area contributed by atoms with Gasteiger partial charge in [0.1, 0.15) is 5.54 Å². The smallest absolute Gasteiger partial charge is 0.307 e. The average molecular weight is 357 g/mol. The van der Waals surface area contributed by atoms with E-state index in [-0.39, 0.29) is 18.4 Å². The highest BCUT2D eigenvalue weighted by molar-refractivity contribution is 6.15. The van der Waals surface area contributed by atoms with Gasteiger partial charge in [-0.3, -0.25) is 24.2 Å². The van der Waals surface area contributed by atoms with Crippen LogP contribution in [0.2, 0.25) is 0 Å². The third-order valence-corrected chi connectivity index (χ3v) is 5.90. The van der Waals surface area contributed by atoms with E-state index < -0.39 is 17.4 Å². The molecule has 1 saturated carbocycles. The van der Waals surface area contributed by atoms with Crippen LogP contribution in [0.1, 0.15) is 32.1 Å². The summed E-state index contributed by atoms with van der Waals surface area (Å²) < 4.78 is 0. The van der Waals surface area contributed by atoms with Crippen LogP contribution < -0.4 is 10.2 Å². The van der Waals surface area contributed by atoms with E-state index in [0.29, 0.717) is 38.0 Å². The van der Waals surface area contributed by atoms with Gasteiger partial charge in [0.25, 0.3) is 5.91 Å². The number of nitrogens with zero attached hydrogens (tertiary/aromatic N) is 2. The molecule has 1 aromatic carbocycles. The van der Waals surface area contributed by atoms with Gasteiger partial charge in [-0.2, -0.15) is 0 Å². The van der Waals surface area contributed by atoms with Crippen LogP contribution in [-0.2, 0) is 14.4 Å². The van der Waals surface area contributed by atoms with Crippen molar-refractivity contribution >= 4 is 29.2 Å². The van der Waals surface area contributed by atoms with Crippen LogP contribution >= 0.6 is 0 Å². The molecule has 0 radical (unpaired) electrons. The number of hydrogen-bond donors (Lipinski definition) is 2. The number of fused-ring (bicyclic) bond motifs is 1. The van der Waals surface area contributed by atoms with Crippen molar-refractivity contribution < 1.29 is 19.5 Å². The lowest BCUT2D eigenvalue weighted by atomic mass is 9.89. The number of benzene rings is 1. The van der Waals surface area contributed by atoms with Crippen LogP contribution in [0.4, 0.5) is 11.4 Å². The molecule has 3 aliphatic rings. The molecular weight excluding hydrogens is 334 g/mol. The fourth-order valence-electron chi connectivity index (χ4n) is 4.57. The highest BCUT2D eigenvalue weighted by Crippen LogP contribution is 2.45. The van der Waals surface area contributed by atoms with Gasteiger partial charge in [-0.1, -0.05) is 25.0 Å². The summed E-state index contributed by atoms with van der Waals surface area (Å²) in [5, 5.41) is 12.1. The average Bonchev–Trinajstić information content (AvgIpc) is 3.26. The molecule has 138 valence electrons. The third-order valence-electron chi connectivity index (χ3n) is 5.90. The van der Waals surface area contributed by atoms with Crippen LogP contribution in [0.15, 0.2) is 24.3 Å². The highest BCUT2D eigenvalue weighted by atomic mass is 16.4. The molecule has 0 bridgehead atoms. The molecule has 4 rings (SSSR count). The molecule has 1 atom stereocenters. The number of aliphatic carboxylic acids is 1. The Balaban J connectivity index is 1.62. The monoisotopic (exact) mass is 357 g/mol. The standard InChI is InChI=1S/C19H23N3O4/c23-16(12-21-10-7-13(11-21)17(24)25)22-15-6-2-1-5-14(15)20-18(26)19(22)8-3-4-9-19/h1-2,5-6,13H,3-4,7-12H2,(H,20,26)(H,24,25). The number of carboxylic acids is 1. The Hall–Kier alpha value is -2.41. The van der Waals surface area contributed by atoms with Gasteiger partial charge in [0.15, 0.2) is 0 Å². The number of likely N-dealkylation sites (tertiary alicyclic amines) is 1. The first-order chi connectivity index (χ1) is 12.5. The van der Waals surface area contributed by atoms with Gasteiger partial charge in [-0.25, -0.2) is 0 Å². The van der Waals surface area contributed by atoms with Gasteiger partial charge in [-0.15, -0.1) is 0 Å². The number of carbonyl (C=O) groups excluding carboxylic acids is 2.